The van der Waals surface area contributed by atoms with Crippen LogP contribution in [0, 0.1) is 5.82 Å². The molecular formula is C26H16Cl2FN3O3. The summed E-state index contributed by atoms with van der Waals surface area (Å²) in [6, 6.07) is 17.2. The third-order valence-corrected chi connectivity index (χ3v) is 6.35. The van der Waals surface area contributed by atoms with Gasteiger partial charge >= 0.3 is 6.03 Å². The molecule has 1 N–H and O–H groups in total. The van der Waals surface area contributed by atoms with Crippen molar-refractivity contribution in [2.24, 2.45) is 0 Å². The highest BCUT2D eigenvalue weighted by Crippen LogP contribution is 2.30. The zero-order valence-electron chi connectivity index (χ0n) is 18.0. The highest BCUT2D eigenvalue weighted by molar-refractivity contribution is 6.43. The number of hydrogen-bond acceptors (Lipinski definition) is 3. The van der Waals surface area contributed by atoms with Crippen molar-refractivity contribution in [3.05, 3.63) is 105 Å². The fraction of sp³-hybridized carbons (Fsp3) is 0.0385. The van der Waals surface area contributed by atoms with Crippen LogP contribution >= 0.6 is 23.2 Å². The Bertz CT molecular complexity index is 1560. The molecule has 0 saturated carbocycles. The van der Waals surface area contributed by atoms with E-state index in [2.05, 4.69) is 5.32 Å². The van der Waals surface area contributed by atoms with E-state index in [1.807, 2.05) is 35.0 Å². The standard InChI is InChI=1S/C26H16Cl2FN3O3/c27-21-6-5-19(13-22(21)28)32-25(34)20(24(33)30-26(32)35)12-15-4-7-23-17(10-15)8-9-31(23)14-16-2-1-3-18(29)11-16/h1-13H,14H2,(H,30,33,35)/b20-12-. The lowest BCUT2D eigenvalue weighted by atomic mass is 10.1. The van der Waals surface area contributed by atoms with Gasteiger partial charge in [0.2, 0.25) is 0 Å². The topological polar surface area (TPSA) is 71.4 Å². The van der Waals surface area contributed by atoms with Crippen LogP contribution in [0.1, 0.15) is 11.1 Å². The van der Waals surface area contributed by atoms with Crippen molar-refractivity contribution in [1.29, 1.82) is 0 Å². The number of carbonyl (C=O) groups excluding carboxylic acids is 3. The molecule has 1 aromatic heterocycles. The molecule has 5 rings (SSSR count). The number of nitrogens with zero attached hydrogens (tertiary/aromatic N) is 2. The predicted molar refractivity (Wildman–Crippen MR) is 133 cm³/mol. The van der Waals surface area contributed by atoms with E-state index >= 15 is 0 Å². The number of anilines is 1. The molecule has 0 aliphatic carbocycles. The van der Waals surface area contributed by atoms with E-state index < -0.39 is 17.8 Å². The summed E-state index contributed by atoms with van der Waals surface area (Å²) < 4.78 is 15.5. The molecular weight excluding hydrogens is 492 g/mol. The van der Waals surface area contributed by atoms with Crippen molar-refractivity contribution >= 4 is 63.7 Å². The third kappa shape index (κ3) is 4.43. The Morgan fingerprint density at radius 2 is 1.74 bits per heavy atom. The van der Waals surface area contributed by atoms with Crippen LogP contribution < -0.4 is 10.2 Å². The Labute approximate surface area is 209 Å². The van der Waals surface area contributed by atoms with Gasteiger partial charge in [0, 0.05) is 23.6 Å². The van der Waals surface area contributed by atoms with Crippen molar-refractivity contribution in [2.45, 2.75) is 6.54 Å². The highest BCUT2D eigenvalue weighted by atomic mass is 35.5. The monoisotopic (exact) mass is 507 g/mol. The van der Waals surface area contributed by atoms with E-state index in [0.717, 1.165) is 21.4 Å². The van der Waals surface area contributed by atoms with Crippen LogP contribution in [0.5, 0.6) is 0 Å². The van der Waals surface area contributed by atoms with Crippen LogP contribution in [0.4, 0.5) is 14.9 Å². The smallest absolute Gasteiger partial charge is 0.335 e. The molecule has 0 spiro atoms. The second kappa shape index (κ2) is 9.02. The van der Waals surface area contributed by atoms with E-state index in [1.54, 1.807) is 12.1 Å². The molecule has 0 unspecified atom stereocenters. The second-order valence-electron chi connectivity index (χ2n) is 7.95. The van der Waals surface area contributed by atoms with Gasteiger partial charge in [-0.15, -0.1) is 0 Å². The van der Waals surface area contributed by atoms with E-state index in [9.17, 15) is 18.8 Å². The molecule has 4 aromatic rings. The van der Waals surface area contributed by atoms with Gasteiger partial charge in [0.15, 0.2) is 0 Å². The van der Waals surface area contributed by atoms with Gasteiger partial charge in [-0.25, -0.2) is 14.1 Å². The number of rotatable bonds is 4. The van der Waals surface area contributed by atoms with Crippen molar-refractivity contribution in [3.8, 4) is 0 Å². The van der Waals surface area contributed by atoms with Gasteiger partial charge in [0.05, 0.1) is 15.7 Å². The maximum atomic E-state index is 13.5. The normalized spacial score (nSPS) is 15.2. The first kappa shape index (κ1) is 22.8. The SMILES string of the molecule is O=C1NC(=O)N(c2ccc(Cl)c(Cl)c2)C(=O)/C1=C\c1ccc2c(ccn2Cc2cccc(F)c2)c1. The predicted octanol–water partition coefficient (Wildman–Crippen LogP) is 5.80. The van der Waals surface area contributed by atoms with E-state index in [4.69, 9.17) is 23.2 Å². The summed E-state index contributed by atoms with van der Waals surface area (Å²) in [5.74, 6) is -1.86. The summed E-state index contributed by atoms with van der Waals surface area (Å²) in [6.45, 7) is 0.489. The maximum Gasteiger partial charge on any atom is 0.335 e. The van der Waals surface area contributed by atoms with Gasteiger partial charge < -0.3 is 4.57 Å². The Morgan fingerprint density at radius 3 is 2.51 bits per heavy atom. The minimum Gasteiger partial charge on any atom is -0.343 e. The number of hydrogen-bond donors (Lipinski definition) is 1. The minimum atomic E-state index is -0.875. The Balaban J connectivity index is 1.46. The van der Waals surface area contributed by atoms with Gasteiger partial charge in [-0.05, 0) is 65.7 Å². The lowest BCUT2D eigenvalue weighted by Gasteiger charge is -2.26. The number of carbonyl (C=O) groups is 3. The van der Waals surface area contributed by atoms with Gasteiger partial charge in [0.25, 0.3) is 11.8 Å². The third-order valence-electron chi connectivity index (χ3n) is 5.61. The van der Waals surface area contributed by atoms with E-state index in [0.29, 0.717) is 12.1 Å². The number of benzene rings is 3. The van der Waals surface area contributed by atoms with Crippen molar-refractivity contribution in [1.82, 2.24) is 9.88 Å². The van der Waals surface area contributed by atoms with E-state index in [1.165, 1.54) is 36.4 Å². The Kier molecular flexibility index (Phi) is 5.88. The van der Waals surface area contributed by atoms with Crippen LogP contribution in [0.3, 0.4) is 0 Å². The van der Waals surface area contributed by atoms with Gasteiger partial charge in [-0.1, -0.05) is 41.4 Å². The zero-order chi connectivity index (χ0) is 24.7. The quantitative estimate of drug-likeness (QED) is 0.280. The van der Waals surface area contributed by atoms with Crippen LogP contribution in [-0.4, -0.2) is 22.4 Å². The number of barbiturate groups is 1. The number of halogens is 3. The molecule has 2 heterocycles. The van der Waals surface area contributed by atoms with Gasteiger partial charge in [0.1, 0.15) is 11.4 Å². The maximum absolute atomic E-state index is 13.5. The summed E-state index contributed by atoms with van der Waals surface area (Å²) in [5.41, 5.74) is 2.32. The molecule has 1 saturated heterocycles. The molecule has 0 bridgehead atoms. The molecule has 6 nitrogen and oxygen atoms in total. The number of urea groups is 1. The van der Waals surface area contributed by atoms with Crippen LogP contribution in [-0.2, 0) is 16.1 Å². The average molecular weight is 508 g/mol. The highest BCUT2D eigenvalue weighted by Gasteiger charge is 2.37. The largest absolute Gasteiger partial charge is 0.343 e. The molecule has 4 amide bonds. The summed E-state index contributed by atoms with van der Waals surface area (Å²) in [6.07, 6.45) is 3.31. The number of fused-ring (bicyclic) bond motifs is 1. The number of nitrogens with one attached hydrogen (secondary N) is 1. The van der Waals surface area contributed by atoms with Crippen LogP contribution in [0.25, 0.3) is 17.0 Å². The number of amides is 4. The molecule has 9 heteroatoms. The molecule has 1 aliphatic heterocycles. The Morgan fingerprint density at radius 1 is 0.914 bits per heavy atom. The van der Waals surface area contributed by atoms with Crippen LogP contribution in [0.15, 0.2) is 78.5 Å². The summed E-state index contributed by atoms with van der Waals surface area (Å²) >= 11 is 12.0. The van der Waals surface area contributed by atoms with Crippen LogP contribution in [0.2, 0.25) is 10.0 Å². The zero-order valence-corrected chi connectivity index (χ0v) is 19.5. The lowest BCUT2D eigenvalue weighted by molar-refractivity contribution is -0.122. The first-order valence-electron chi connectivity index (χ1n) is 10.5. The molecule has 35 heavy (non-hydrogen) atoms. The van der Waals surface area contributed by atoms with Crippen molar-refractivity contribution < 1.29 is 18.8 Å². The van der Waals surface area contributed by atoms with Crippen molar-refractivity contribution in [2.75, 3.05) is 4.90 Å². The molecule has 174 valence electrons. The first-order chi connectivity index (χ1) is 16.8. The summed E-state index contributed by atoms with van der Waals surface area (Å²) in [4.78, 5) is 38.8. The summed E-state index contributed by atoms with van der Waals surface area (Å²) in [5, 5.41) is 3.49. The molecule has 1 fully saturated rings. The summed E-state index contributed by atoms with van der Waals surface area (Å²) in [7, 11) is 0. The second-order valence-corrected chi connectivity index (χ2v) is 8.76. The lowest BCUT2D eigenvalue weighted by Crippen LogP contribution is -2.54. The van der Waals surface area contributed by atoms with Crippen molar-refractivity contribution in [3.63, 3.8) is 0 Å². The fourth-order valence-corrected chi connectivity index (χ4v) is 4.25. The molecule has 1 aliphatic rings. The number of imide groups is 2. The van der Waals surface area contributed by atoms with Gasteiger partial charge in [-0.3, -0.25) is 14.9 Å². The fourth-order valence-electron chi connectivity index (χ4n) is 3.96. The van der Waals surface area contributed by atoms with E-state index in [-0.39, 0.29) is 27.1 Å². The molecule has 0 atom stereocenters. The minimum absolute atomic E-state index is 0.167. The Hall–Kier alpha value is -3.94. The molecule has 0 radical (unpaired) electrons. The molecule has 3 aromatic carbocycles. The van der Waals surface area contributed by atoms with Gasteiger partial charge in [-0.2, -0.15) is 0 Å². The first-order valence-corrected chi connectivity index (χ1v) is 11.3. The number of aromatic nitrogens is 1. The average Bonchev–Trinajstić information content (AvgIpc) is 3.21.